The molecule has 7 nitrogen and oxygen atoms in total. The van der Waals surface area contributed by atoms with Crippen molar-refractivity contribution < 1.29 is 18.7 Å². The normalized spacial score (nSPS) is 18.8. The molecule has 2 aromatic rings. The topological polar surface area (TPSA) is 92.6 Å². The molecule has 20 heavy (non-hydrogen) atoms. The third-order valence-electron chi connectivity index (χ3n) is 2.92. The number of hydrogen-bond acceptors (Lipinski definition) is 7. The van der Waals surface area contributed by atoms with Gasteiger partial charge in [0.1, 0.15) is 6.61 Å². The van der Waals surface area contributed by atoms with E-state index in [0.29, 0.717) is 36.4 Å². The van der Waals surface area contributed by atoms with Gasteiger partial charge in [-0.25, -0.2) is 0 Å². The van der Waals surface area contributed by atoms with Crippen LogP contribution in [0.3, 0.4) is 0 Å². The average molecular weight is 277 g/mol. The summed E-state index contributed by atoms with van der Waals surface area (Å²) in [6.07, 6.45) is -0.430. The molecule has 2 heterocycles. The predicted molar refractivity (Wildman–Crippen MR) is 68.4 cm³/mol. The standard InChI is InChI=1S/C13H15N3O4/c1-17-6-8(14)12-15-13(20-16-12)11-7-18-9-4-2-3-5-10(9)19-11/h2-5,8,11H,6-7,14H2,1H3. The van der Waals surface area contributed by atoms with E-state index in [-0.39, 0.29) is 0 Å². The van der Waals surface area contributed by atoms with Crippen molar-refractivity contribution in [2.24, 2.45) is 5.73 Å². The zero-order valence-electron chi connectivity index (χ0n) is 11.0. The number of ether oxygens (including phenoxy) is 3. The van der Waals surface area contributed by atoms with Crippen LogP contribution in [-0.2, 0) is 4.74 Å². The molecule has 1 aromatic carbocycles. The first-order valence-electron chi connectivity index (χ1n) is 6.24. The third kappa shape index (κ3) is 2.45. The average Bonchev–Trinajstić information content (AvgIpc) is 2.97. The van der Waals surface area contributed by atoms with E-state index < -0.39 is 12.1 Å². The summed E-state index contributed by atoms with van der Waals surface area (Å²) in [6.45, 7) is 0.641. The van der Waals surface area contributed by atoms with Crippen LogP contribution >= 0.6 is 0 Å². The van der Waals surface area contributed by atoms with Gasteiger partial charge in [-0.2, -0.15) is 4.98 Å². The molecule has 106 valence electrons. The first-order valence-corrected chi connectivity index (χ1v) is 6.24. The van der Waals surface area contributed by atoms with Gasteiger partial charge in [-0.1, -0.05) is 17.3 Å². The van der Waals surface area contributed by atoms with Crippen molar-refractivity contribution in [3.8, 4) is 11.5 Å². The molecule has 1 aliphatic heterocycles. The molecule has 1 aliphatic rings. The van der Waals surface area contributed by atoms with Crippen molar-refractivity contribution in [3.05, 3.63) is 36.0 Å². The van der Waals surface area contributed by atoms with Crippen LogP contribution in [0.2, 0.25) is 0 Å². The zero-order chi connectivity index (χ0) is 13.9. The molecule has 0 saturated heterocycles. The largest absolute Gasteiger partial charge is 0.485 e. The lowest BCUT2D eigenvalue weighted by atomic mass is 10.2. The van der Waals surface area contributed by atoms with E-state index in [1.54, 1.807) is 7.11 Å². The Kier molecular flexibility index (Phi) is 3.53. The summed E-state index contributed by atoms with van der Waals surface area (Å²) >= 11 is 0. The number of aromatic nitrogens is 2. The molecular weight excluding hydrogens is 262 g/mol. The number of benzene rings is 1. The van der Waals surface area contributed by atoms with Crippen LogP contribution in [0.4, 0.5) is 0 Å². The fourth-order valence-electron chi connectivity index (χ4n) is 1.92. The van der Waals surface area contributed by atoms with E-state index >= 15 is 0 Å². The van der Waals surface area contributed by atoms with Crippen LogP contribution in [0.25, 0.3) is 0 Å². The Morgan fingerprint density at radius 1 is 1.40 bits per heavy atom. The summed E-state index contributed by atoms with van der Waals surface area (Å²) in [5.74, 6) is 2.11. The first-order chi connectivity index (χ1) is 9.78. The molecule has 0 bridgehead atoms. The molecule has 0 aliphatic carbocycles. The Bertz CT molecular complexity index is 587. The quantitative estimate of drug-likeness (QED) is 0.898. The molecule has 0 fully saturated rings. The second-order valence-corrected chi connectivity index (χ2v) is 4.42. The van der Waals surface area contributed by atoms with Gasteiger partial charge in [-0.15, -0.1) is 0 Å². The molecular formula is C13H15N3O4. The highest BCUT2D eigenvalue weighted by Gasteiger charge is 2.28. The van der Waals surface area contributed by atoms with Gasteiger partial charge in [-0.05, 0) is 12.1 Å². The summed E-state index contributed by atoms with van der Waals surface area (Å²) in [4.78, 5) is 4.24. The molecule has 0 spiro atoms. The van der Waals surface area contributed by atoms with Crippen LogP contribution in [0.15, 0.2) is 28.8 Å². The monoisotopic (exact) mass is 277 g/mol. The van der Waals surface area contributed by atoms with Crippen LogP contribution in [0, 0.1) is 0 Å². The van der Waals surface area contributed by atoms with Gasteiger partial charge in [0, 0.05) is 7.11 Å². The smallest absolute Gasteiger partial charge is 0.271 e. The van der Waals surface area contributed by atoms with E-state index in [1.165, 1.54) is 0 Å². The number of para-hydroxylation sites is 2. The van der Waals surface area contributed by atoms with Gasteiger partial charge in [0.15, 0.2) is 17.3 Å². The van der Waals surface area contributed by atoms with E-state index in [1.807, 2.05) is 24.3 Å². The zero-order valence-corrected chi connectivity index (χ0v) is 11.0. The first kappa shape index (κ1) is 12.9. The molecule has 0 radical (unpaired) electrons. The number of fused-ring (bicyclic) bond motifs is 1. The molecule has 7 heteroatoms. The van der Waals surface area contributed by atoms with Crippen molar-refractivity contribution in [1.29, 1.82) is 0 Å². The van der Waals surface area contributed by atoms with Gasteiger partial charge < -0.3 is 24.5 Å². The summed E-state index contributed by atoms with van der Waals surface area (Å²) in [5, 5.41) is 3.84. The van der Waals surface area contributed by atoms with Gasteiger partial charge in [-0.3, -0.25) is 0 Å². The highest BCUT2D eigenvalue weighted by Crippen LogP contribution is 2.35. The summed E-state index contributed by atoms with van der Waals surface area (Å²) in [7, 11) is 1.57. The minimum atomic E-state index is -0.430. The maximum atomic E-state index is 5.84. The van der Waals surface area contributed by atoms with Gasteiger partial charge in [0.2, 0.25) is 6.10 Å². The molecule has 0 amide bonds. The number of hydrogen-bond donors (Lipinski definition) is 1. The highest BCUT2D eigenvalue weighted by atomic mass is 16.6. The van der Waals surface area contributed by atoms with E-state index in [4.69, 9.17) is 24.5 Å². The lowest BCUT2D eigenvalue weighted by molar-refractivity contribution is 0.0665. The fourth-order valence-corrected chi connectivity index (χ4v) is 1.92. The Labute approximate surface area is 115 Å². The highest BCUT2D eigenvalue weighted by molar-refractivity contribution is 5.40. The molecule has 2 N–H and O–H groups in total. The van der Waals surface area contributed by atoms with Crippen molar-refractivity contribution in [3.63, 3.8) is 0 Å². The maximum absolute atomic E-state index is 5.84. The SMILES string of the molecule is COCC(N)c1noc(C2COc3ccccc3O2)n1. The van der Waals surface area contributed by atoms with E-state index in [2.05, 4.69) is 10.1 Å². The Morgan fingerprint density at radius 2 is 2.20 bits per heavy atom. The number of nitrogens with zero attached hydrogens (tertiary/aromatic N) is 2. The molecule has 2 unspecified atom stereocenters. The lowest BCUT2D eigenvalue weighted by Crippen LogP contribution is -2.22. The van der Waals surface area contributed by atoms with Crippen LogP contribution in [0.5, 0.6) is 11.5 Å². The van der Waals surface area contributed by atoms with Crippen molar-refractivity contribution in [2.45, 2.75) is 12.1 Å². The Morgan fingerprint density at radius 3 is 3.00 bits per heavy atom. The molecule has 0 saturated carbocycles. The summed E-state index contributed by atoms with van der Waals surface area (Å²) in [5.41, 5.74) is 5.84. The second-order valence-electron chi connectivity index (χ2n) is 4.42. The lowest BCUT2D eigenvalue weighted by Gasteiger charge is -2.23. The van der Waals surface area contributed by atoms with E-state index in [0.717, 1.165) is 0 Å². The number of nitrogens with two attached hydrogens (primary N) is 1. The van der Waals surface area contributed by atoms with E-state index in [9.17, 15) is 0 Å². The fraction of sp³-hybridized carbons (Fsp3) is 0.385. The van der Waals surface area contributed by atoms with Gasteiger partial charge in [0.05, 0.1) is 12.6 Å². The Balaban J connectivity index is 1.75. The van der Waals surface area contributed by atoms with Crippen LogP contribution in [0.1, 0.15) is 23.9 Å². The molecule has 1 aromatic heterocycles. The van der Waals surface area contributed by atoms with Crippen LogP contribution < -0.4 is 15.2 Å². The second kappa shape index (κ2) is 5.48. The summed E-state index contributed by atoms with van der Waals surface area (Å²) < 4.78 is 21.5. The van der Waals surface area contributed by atoms with Gasteiger partial charge >= 0.3 is 0 Å². The maximum Gasteiger partial charge on any atom is 0.271 e. The number of rotatable bonds is 4. The summed E-state index contributed by atoms with van der Waals surface area (Å²) in [6, 6.07) is 7.01. The van der Waals surface area contributed by atoms with Crippen LogP contribution in [-0.4, -0.2) is 30.5 Å². The van der Waals surface area contributed by atoms with Crippen molar-refractivity contribution >= 4 is 0 Å². The predicted octanol–water partition coefficient (Wildman–Crippen LogP) is 1.23. The Hall–Kier alpha value is -2.12. The third-order valence-corrected chi connectivity index (χ3v) is 2.92. The van der Waals surface area contributed by atoms with Crippen molar-refractivity contribution in [2.75, 3.05) is 20.3 Å². The number of methoxy groups -OCH3 is 1. The minimum Gasteiger partial charge on any atom is -0.485 e. The minimum absolute atomic E-state index is 0.318. The van der Waals surface area contributed by atoms with Crippen molar-refractivity contribution in [1.82, 2.24) is 10.1 Å². The molecule has 3 rings (SSSR count). The molecule has 2 atom stereocenters. The van der Waals surface area contributed by atoms with Gasteiger partial charge in [0.25, 0.3) is 5.89 Å².